The van der Waals surface area contributed by atoms with Crippen LogP contribution >= 0.6 is 0 Å². The van der Waals surface area contributed by atoms with Gasteiger partial charge in [0.05, 0.1) is 0 Å². The molecule has 1 saturated heterocycles. The lowest BCUT2D eigenvalue weighted by molar-refractivity contribution is 0.151. The van der Waals surface area contributed by atoms with Gasteiger partial charge < -0.3 is 10.4 Å². The number of hydrogen-bond donors (Lipinski definition) is 2. The standard InChI is InChI=1S/C15H23FN2O/c1-12-4-5-13(14(16)11-12)15(3-2-10-19)18-8-6-17-7-9-18/h4-5,11,15,17,19H,2-3,6-10H2,1H3/t15-/m1/s1. The maximum atomic E-state index is 14.2. The van der Waals surface area contributed by atoms with Crippen molar-refractivity contribution in [3.05, 3.63) is 35.1 Å². The molecule has 2 rings (SSSR count). The zero-order valence-corrected chi connectivity index (χ0v) is 11.5. The Hall–Kier alpha value is -0.970. The first-order valence-electron chi connectivity index (χ1n) is 7.04. The molecule has 4 heteroatoms. The first-order valence-corrected chi connectivity index (χ1v) is 7.04. The van der Waals surface area contributed by atoms with Crippen LogP contribution in [0.3, 0.4) is 0 Å². The molecule has 1 fully saturated rings. The minimum Gasteiger partial charge on any atom is -0.396 e. The Morgan fingerprint density at radius 2 is 2.11 bits per heavy atom. The van der Waals surface area contributed by atoms with Gasteiger partial charge in [-0.2, -0.15) is 0 Å². The average Bonchev–Trinajstić information content (AvgIpc) is 2.42. The number of piperazine rings is 1. The Morgan fingerprint density at radius 1 is 1.37 bits per heavy atom. The number of aliphatic hydroxyl groups is 1. The molecule has 2 N–H and O–H groups in total. The monoisotopic (exact) mass is 266 g/mol. The summed E-state index contributed by atoms with van der Waals surface area (Å²) in [4.78, 5) is 2.32. The van der Waals surface area contributed by atoms with E-state index in [4.69, 9.17) is 5.11 Å². The Bertz CT molecular complexity index is 405. The van der Waals surface area contributed by atoms with Gasteiger partial charge in [0.2, 0.25) is 0 Å². The van der Waals surface area contributed by atoms with Gasteiger partial charge in [0, 0.05) is 44.4 Å². The summed E-state index contributed by atoms with van der Waals surface area (Å²) in [6.45, 7) is 5.83. The molecule has 1 atom stereocenters. The van der Waals surface area contributed by atoms with Crippen molar-refractivity contribution in [3.63, 3.8) is 0 Å². The normalized spacial score (nSPS) is 18.5. The minimum absolute atomic E-state index is 0.0786. The van der Waals surface area contributed by atoms with Crippen LogP contribution in [0.2, 0.25) is 0 Å². The summed E-state index contributed by atoms with van der Waals surface area (Å²) in [7, 11) is 0. The van der Waals surface area contributed by atoms with Crippen molar-refractivity contribution in [3.8, 4) is 0 Å². The Kier molecular flexibility index (Phi) is 5.31. The van der Waals surface area contributed by atoms with Crippen molar-refractivity contribution in [2.45, 2.75) is 25.8 Å². The lowest BCUT2D eigenvalue weighted by Crippen LogP contribution is -2.45. The SMILES string of the molecule is Cc1ccc([C@@H](CCCO)N2CCNCC2)c(F)c1. The lowest BCUT2D eigenvalue weighted by atomic mass is 9.98. The molecule has 1 aliphatic heterocycles. The number of nitrogens with one attached hydrogen (secondary N) is 1. The second kappa shape index (κ2) is 6.98. The molecule has 0 spiro atoms. The van der Waals surface area contributed by atoms with Gasteiger partial charge in [-0.1, -0.05) is 12.1 Å². The molecule has 0 bridgehead atoms. The topological polar surface area (TPSA) is 35.5 Å². The number of nitrogens with zero attached hydrogens (tertiary/aromatic N) is 1. The van der Waals surface area contributed by atoms with Crippen LogP contribution in [0.5, 0.6) is 0 Å². The Labute approximate surface area is 114 Å². The van der Waals surface area contributed by atoms with E-state index in [1.165, 1.54) is 0 Å². The van der Waals surface area contributed by atoms with E-state index in [0.29, 0.717) is 6.42 Å². The first-order chi connectivity index (χ1) is 9.22. The fraction of sp³-hybridized carbons (Fsp3) is 0.600. The van der Waals surface area contributed by atoms with E-state index in [0.717, 1.165) is 43.7 Å². The van der Waals surface area contributed by atoms with Crippen LogP contribution in [-0.4, -0.2) is 42.8 Å². The molecule has 3 nitrogen and oxygen atoms in total. The van der Waals surface area contributed by atoms with Crippen LogP contribution in [0.25, 0.3) is 0 Å². The van der Waals surface area contributed by atoms with Gasteiger partial charge in [-0.15, -0.1) is 0 Å². The summed E-state index contributed by atoms with van der Waals surface area (Å²) in [5.41, 5.74) is 1.71. The number of rotatable bonds is 5. The number of aryl methyl sites for hydroxylation is 1. The predicted octanol–water partition coefficient (Wildman–Crippen LogP) is 1.85. The van der Waals surface area contributed by atoms with Crippen molar-refractivity contribution < 1.29 is 9.50 Å². The molecule has 0 radical (unpaired) electrons. The molecule has 0 saturated carbocycles. The zero-order valence-electron chi connectivity index (χ0n) is 11.5. The summed E-state index contributed by atoms with van der Waals surface area (Å²) < 4.78 is 14.2. The molecule has 106 valence electrons. The zero-order chi connectivity index (χ0) is 13.7. The predicted molar refractivity (Wildman–Crippen MR) is 74.6 cm³/mol. The van der Waals surface area contributed by atoms with Gasteiger partial charge in [-0.05, 0) is 31.4 Å². The van der Waals surface area contributed by atoms with E-state index in [9.17, 15) is 4.39 Å². The summed E-state index contributed by atoms with van der Waals surface area (Å²) in [6.07, 6.45) is 1.51. The molecule has 0 aromatic heterocycles. The highest BCUT2D eigenvalue weighted by molar-refractivity contribution is 5.26. The van der Waals surface area contributed by atoms with Crippen molar-refractivity contribution in [2.75, 3.05) is 32.8 Å². The third-order valence-electron chi connectivity index (χ3n) is 3.74. The number of aliphatic hydroxyl groups excluding tert-OH is 1. The molecular weight excluding hydrogens is 243 g/mol. The van der Waals surface area contributed by atoms with E-state index < -0.39 is 0 Å². The summed E-state index contributed by atoms with van der Waals surface area (Å²) in [5.74, 6) is -0.124. The van der Waals surface area contributed by atoms with Crippen LogP contribution in [0.15, 0.2) is 18.2 Å². The Balaban J connectivity index is 2.19. The molecule has 1 heterocycles. The van der Waals surface area contributed by atoms with Crippen molar-refractivity contribution >= 4 is 0 Å². The van der Waals surface area contributed by atoms with Gasteiger partial charge in [0.15, 0.2) is 0 Å². The molecule has 19 heavy (non-hydrogen) atoms. The van der Waals surface area contributed by atoms with Crippen LogP contribution in [0.1, 0.15) is 30.0 Å². The number of benzene rings is 1. The van der Waals surface area contributed by atoms with Gasteiger partial charge in [-0.25, -0.2) is 4.39 Å². The number of halogens is 1. The fourth-order valence-electron chi connectivity index (χ4n) is 2.72. The van der Waals surface area contributed by atoms with E-state index in [2.05, 4.69) is 10.2 Å². The van der Waals surface area contributed by atoms with Crippen molar-refractivity contribution in [1.29, 1.82) is 0 Å². The fourth-order valence-corrected chi connectivity index (χ4v) is 2.72. The highest BCUT2D eigenvalue weighted by Gasteiger charge is 2.24. The lowest BCUT2D eigenvalue weighted by Gasteiger charge is -2.35. The maximum Gasteiger partial charge on any atom is 0.128 e. The van der Waals surface area contributed by atoms with Crippen LogP contribution < -0.4 is 5.32 Å². The minimum atomic E-state index is -0.124. The smallest absolute Gasteiger partial charge is 0.128 e. The maximum absolute atomic E-state index is 14.2. The van der Waals surface area contributed by atoms with Crippen LogP contribution in [0, 0.1) is 12.7 Å². The highest BCUT2D eigenvalue weighted by atomic mass is 19.1. The number of hydrogen-bond acceptors (Lipinski definition) is 3. The summed E-state index contributed by atoms with van der Waals surface area (Å²) in [6, 6.07) is 5.54. The molecule has 1 aliphatic rings. The van der Waals surface area contributed by atoms with Crippen molar-refractivity contribution in [1.82, 2.24) is 10.2 Å². The quantitative estimate of drug-likeness (QED) is 0.854. The third-order valence-corrected chi connectivity index (χ3v) is 3.74. The van der Waals surface area contributed by atoms with Crippen LogP contribution in [-0.2, 0) is 0 Å². The second-order valence-electron chi connectivity index (χ2n) is 5.19. The summed E-state index contributed by atoms with van der Waals surface area (Å²) >= 11 is 0. The first kappa shape index (κ1) is 14.4. The molecule has 1 aromatic rings. The third kappa shape index (κ3) is 3.75. The largest absolute Gasteiger partial charge is 0.396 e. The highest BCUT2D eigenvalue weighted by Crippen LogP contribution is 2.28. The molecular formula is C15H23FN2O. The van der Waals surface area contributed by atoms with Gasteiger partial charge in [0.1, 0.15) is 5.82 Å². The van der Waals surface area contributed by atoms with Gasteiger partial charge >= 0.3 is 0 Å². The Morgan fingerprint density at radius 3 is 2.74 bits per heavy atom. The van der Waals surface area contributed by atoms with Gasteiger partial charge in [0.25, 0.3) is 0 Å². The molecule has 0 aliphatic carbocycles. The van der Waals surface area contributed by atoms with E-state index in [-0.39, 0.29) is 18.5 Å². The second-order valence-corrected chi connectivity index (χ2v) is 5.19. The summed E-state index contributed by atoms with van der Waals surface area (Å²) in [5, 5.41) is 12.4. The molecule has 0 unspecified atom stereocenters. The van der Waals surface area contributed by atoms with E-state index in [1.54, 1.807) is 6.07 Å². The van der Waals surface area contributed by atoms with E-state index >= 15 is 0 Å². The van der Waals surface area contributed by atoms with Crippen molar-refractivity contribution in [2.24, 2.45) is 0 Å². The van der Waals surface area contributed by atoms with Crippen LogP contribution in [0.4, 0.5) is 4.39 Å². The molecule has 0 amide bonds. The van der Waals surface area contributed by atoms with Gasteiger partial charge in [-0.3, -0.25) is 4.90 Å². The van der Waals surface area contributed by atoms with E-state index in [1.807, 2.05) is 19.1 Å². The average molecular weight is 266 g/mol. The molecule has 1 aromatic carbocycles.